The van der Waals surface area contributed by atoms with Crippen molar-refractivity contribution in [2.45, 2.75) is 6.92 Å². The van der Waals surface area contributed by atoms with Gasteiger partial charge in [0.05, 0.1) is 0 Å². The normalized spacial score (nSPS) is 9.78. The number of aryl methyl sites for hydroxylation is 1. The first-order chi connectivity index (χ1) is 8.77. The van der Waals surface area contributed by atoms with Gasteiger partial charge in [0.1, 0.15) is 12.1 Å². The van der Waals surface area contributed by atoms with Gasteiger partial charge in [-0.25, -0.2) is 15.0 Å². The molecule has 2 rings (SSSR count). The van der Waals surface area contributed by atoms with E-state index >= 15 is 0 Å². The number of aromatic hydroxyl groups is 1. The molecule has 18 heavy (non-hydrogen) atoms. The molecule has 2 aromatic rings. The quantitative estimate of drug-likeness (QED) is 0.855. The molecule has 1 heterocycles. The van der Waals surface area contributed by atoms with Crippen molar-refractivity contribution in [3.8, 4) is 5.75 Å². The van der Waals surface area contributed by atoms with E-state index in [1.807, 2.05) is 19.1 Å². The SMILES string of the molecule is Cc1cccc(C=Nc2ccncn2)c1O.[O]=[V]. The number of aromatic nitrogens is 2. The number of aliphatic imine (C=N–C) groups is 1. The molecule has 0 aliphatic heterocycles. The van der Waals surface area contributed by atoms with Crippen LogP contribution in [0.15, 0.2) is 41.8 Å². The Kier molecular flexibility index (Phi) is 5.90. The Hall–Kier alpha value is -1.85. The molecule has 0 radical (unpaired) electrons. The molecule has 0 saturated carbocycles. The number of hydrogen-bond acceptors (Lipinski definition) is 5. The Bertz CT molecular complexity index is 532. The number of phenols is 1. The van der Waals surface area contributed by atoms with Crippen LogP contribution in [0.2, 0.25) is 0 Å². The van der Waals surface area contributed by atoms with E-state index < -0.39 is 0 Å². The van der Waals surface area contributed by atoms with Crippen molar-refractivity contribution in [2.75, 3.05) is 0 Å². The maximum absolute atomic E-state index is 9.75. The zero-order valence-corrected chi connectivity index (χ0v) is 11.1. The Balaban J connectivity index is 0.000000771. The Labute approximate surface area is 114 Å². The van der Waals surface area contributed by atoms with Crippen LogP contribution < -0.4 is 0 Å². The van der Waals surface area contributed by atoms with E-state index in [0.717, 1.165) is 22.9 Å². The van der Waals surface area contributed by atoms with Crippen molar-refractivity contribution >= 4 is 12.0 Å². The third-order valence-electron chi connectivity index (χ3n) is 2.17. The molecular weight excluding hydrogens is 269 g/mol. The number of phenolic OH excluding ortho intramolecular Hbond substituents is 1. The van der Waals surface area contributed by atoms with Gasteiger partial charge in [-0.2, -0.15) is 0 Å². The minimum atomic E-state index is 0.250. The van der Waals surface area contributed by atoms with E-state index in [2.05, 4.69) is 15.0 Å². The van der Waals surface area contributed by atoms with Crippen molar-refractivity contribution in [1.82, 2.24) is 9.97 Å². The van der Waals surface area contributed by atoms with Crippen LogP contribution in [0.5, 0.6) is 5.75 Å². The van der Waals surface area contributed by atoms with Crippen LogP contribution in [0, 0.1) is 6.92 Å². The number of benzene rings is 1. The zero-order chi connectivity index (χ0) is 13.4. The van der Waals surface area contributed by atoms with E-state index in [-0.39, 0.29) is 5.75 Å². The van der Waals surface area contributed by atoms with Crippen molar-refractivity contribution in [3.05, 3.63) is 47.9 Å². The fraction of sp³-hybridized carbons (Fsp3) is 0.0833. The van der Waals surface area contributed by atoms with Crippen LogP contribution in [-0.2, 0) is 21.0 Å². The molecule has 1 aromatic carbocycles. The third-order valence-corrected chi connectivity index (χ3v) is 2.17. The molecule has 0 aliphatic rings. The molecule has 0 atom stereocenters. The molecule has 0 spiro atoms. The number of hydrogen-bond donors (Lipinski definition) is 1. The number of nitrogens with zero attached hydrogens (tertiary/aromatic N) is 3. The fourth-order valence-electron chi connectivity index (χ4n) is 1.28. The average molecular weight is 280 g/mol. The fourth-order valence-corrected chi connectivity index (χ4v) is 1.28. The van der Waals surface area contributed by atoms with Gasteiger partial charge in [0.25, 0.3) is 0 Å². The zero-order valence-electron chi connectivity index (χ0n) is 9.69. The first kappa shape index (κ1) is 14.2. The van der Waals surface area contributed by atoms with Crippen LogP contribution in [-0.4, -0.2) is 21.3 Å². The van der Waals surface area contributed by atoms with Crippen LogP contribution in [0.1, 0.15) is 11.1 Å². The summed E-state index contributed by atoms with van der Waals surface area (Å²) in [4.78, 5) is 11.9. The van der Waals surface area contributed by atoms with Gasteiger partial charge in [-0.1, -0.05) is 12.1 Å². The summed E-state index contributed by atoms with van der Waals surface area (Å²) in [7, 11) is 0. The summed E-state index contributed by atoms with van der Waals surface area (Å²) in [5.74, 6) is 0.816. The second kappa shape index (κ2) is 7.47. The van der Waals surface area contributed by atoms with Gasteiger partial charge in [-0.3, -0.25) is 0 Å². The molecule has 0 amide bonds. The summed E-state index contributed by atoms with van der Waals surface area (Å²) < 4.78 is 8.19. The number of para-hydroxylation sites is 1. The molecule has 0 unspecified atom stereocenters. The molecule has 0 aliphatic carbocycles. The number of rotatable bonds is 2. The van der Waals surface area contributed by atoms with Crippen LogP contribution in [0.3, 0.4) is 0 Å². The van der Waals surface area contributed by atoms with Gasteiger partial charge in [-0.15, -0.1) is 0 Å². The summed E-state index contributed by atoms with van der Waals surface area (Å²) in [6.45, 7) is 1.84. The molecule has 0 bridgehead atoms. The Morgan fingerprint density at radius 2 is 2.11 bits per heavy atom. The summed E-state index contributed by atoms with van der Waals surface area (Å²) in [6, 6.07) is 7.21. The summed E-state index contributed by atoms with van der Waals surface area (Å²) in [5, 5.41) is 9.75. The van der Waals surface area contributed by atoms with Crippen LogP contribution in [0.25, 0.3) is 0 Å². The molecule has 5 nitrogen and oxygen atoms in total. The van der Waals surface area contributed by atoms with Crippen LogP contribution >= 0.6 is 0 Å². The molecule has 0 saturated heterocycles. The second-order valence-corrected chi connectivity index (χ2v) is 3.34. The van der Waals surface area contributed by atoms with Gasteiger partial charge in [0.2, 0.25) is 0 Å². The maximum atomic E-state index is 9.75. The van der Waals surface area contributed by atoms with Gasteiger partial charge in [0, 0.05) is 24.0 Å². The van der Waals surface area contributed by atoms with Gasteiger partial charge in [-0.05, 0) is 18.6 Å². The Morgan fingerprint density at radius 1 is 1.33 bits per heavy atom. The third kappa shape index (κ3) is 3.87. The topological polar surface area (TPSA) is 75.4 Å². The molecule has 6 heteroatoms. The van der Waals surface area contributed by atoms with E-state index in [4.69, 9.17) is 3.67 Å². The average Bonchev–Trinajstić information content (AvgIpc) is 2.44. The first-order valence-electron chi connectivity index (χ1n) is 5.04. The van der Waals surface area contributed by atoms with Gasteiger partial charge in [0.15, 0.2) is 5.82 Å². The Morgan fingerprint density at radius 3 is 2.78 bits per heavy atom. The van der Waals surface area contributed by atoms with Gasteiger partial charge < -0.3 is 5.11 Å². The standard InChI is InChI=1S/C12H11N3O.O.V/c1-9-3-2-4-10(12(9)16)7-14-11-5-6-13-8-15-11;;/h2-8,16H,1H3;;. The molecule has 1 N–H and O–H groups in total. The predicted molar refractivity (Wildman–Crippen MR) is 62.8 cm³/mol. The summed E-state index contributed by atoms with van der Waals surface area (Å²) >= 11 is 1.06. The molecule has 1 aromatic heterocycles. The summed E-state index contributed by atoms with van der Waals surface area (Å²) in [5.41, 5.74) is 1.50. The first-order valence-corrected chi connectivity index (χ1v) is 5.61. The minimum absolute atomic E-state index is 0.250. The molecule has 91 valence electrons. The predicted octanol–water partition coefficient (Wildman–Crippen LogP) is 2.12. The second-order valence-electron chi connectivity index (χ2n) is 3.34. The van der Waals surface area contributed by atoms with E-state index in [0.29, 0.717) is 11.4 Å². The summed E-state index contributed by atoms with van der Waals surface area (Å²) in [6.07, 6.45) is 4.64. The molecular formula is C12H11N3O2V. The monoisotopic (exact) mass is 280 g/mol. The van der Waals surface area contributed by atoms with Crippen molar-refractivity contribution in [2.24, 2.45) is 4.99 Å². The van der Waals surface area contributed by atoms with Crippen molar-refractivity contribution in [1.29, 1.82) is 0 Å². The van der Waals surface area contributed by atoms with Crippen molar-refractivity contribution < 1.29 is 26.1 Å². The van der Waals surface area contributed by atoms with Crippen molar-refractivity contribution in [3.63, 3.8) is 0 Å². The molecule has 0 fully saturated rings. The van der Waals surface area contributed by atoms with E-state index in [1.165, 1.54) is 6.33 Å². The van der Waals surface area contributed by atoms with Gasteiger partial charge >= 0.3 is 21.0 Å². The van der Waals surface area contributed by atoms with E-state index in [1.54, 1.807) is 24.5 Å². The van der Waals surface area contributed by atoms with Crippen LogP contribution in [0.4, 0.5) is 5.82 Å². The van der Waals surface area contributed by atoms with E-state index in [9.17, 15) is 5.11 Å².